The molecule has 16 heavy (non-hydrogen) atoms. The normalized spacial score (nSPS) is 10.3. The lowest BCUT2D eigenvalue weighted by Gasteiger charge is -1.94. The van der Waals surface area contributed by atoms with Gasteiger partial charge < -0.3 is 4.74 Å². The molecule has 2 rings (SSSR count). The van der Waals surface area contributed by atoms with Gasteiger partial charge in [-0.15, -0.1) is 22.7 Å². The van der Waals surface area contributed by atoms with Gasteiger partial charge in [0, 0.05) is 16.7 Å². The number of thiazole rings is 1. The van der Waals surface area contributed by atoms with Gasteiger partial charge in [0.2, 0.25) is 0 Å². The number of thiophene rings is 1. The summed E-state index contributed by atoms with van der Waals surface area (Å²) in [6, 6.07) is 4.12. The zero-order chi connectivity index (χ0) is 11.4. The first-order valence-electron chi connectivity index (χ1n) is 4.80. The molecule has 0 bridgehead atoms. The molecule has 0 aliphatic heterocycles. The number of esters is 1. The first kappa shape index (κ1) is 11.3. The number of methoxy groups -OCH3 is 1. The van der Waals surface area contributed by atoms with Crippen LogP contribution in [0.15, 0.2) is 22.9 Å². The van der Waals surface area contributed by atoms with Crippen molar-refractivity contribution in [3.63, 3.8) is 0 Å². The van der Waals surface area contributed by atoms with Gasteiger partial charge in [-0.25, -0.2) is 4.98 Å². The van der Waals surface area contributed by atoms with Gasteiger partial charge >= 0.3 is 5.97 Å². The first-order chi connectivity index (χ1) is 7.78. The zero-order valence-corrected chi connectivity index (χ0v) is 10.4. The molecule has 0 radical (unpaired) electrons. The molecule has 2 heterocycles. The summed E-state index contributed by atoms with van der Waals surface area (Å²) in [4.78, 5) is 16.7. The zero-order valence-electron chi connectivity index (χ0n) is 8.80. The fourth-order valence-electron chi connectivity index (χ4n) is 1.29. The molecule has 3 nitrogen and oxygen atoms in total. The van der Waals surface area contributed by atoms with Crippen LogP contribution in [0.4, 0.5) is 0 Å². The maximum atomic E-state index is 11.1. The molecular formula is C11H11NO2S2. The maximum Gasteiger partial charge on any atom is 0.311 e. The van der Waals surface area contributed by atoms with Crippen LogP contribution in [0.1, 0.15) is 15.6 Å². The van der Waals surface area contributed by atoms with Crippen molar-refractivity contribution in [3.05, 3.63) is 38.5 Å². The third-order valence-corrected chi connectivity index (χ3v) is 3.83. The number of nitrogens with zero attached hydrogens (tertiary/aromatic N) is 1. The minimum Gasteiger partial charge on any atom is -0.469 e. The Morgan fingerprint density at radius 1 is 1.50 bits per heavy atom. The molecule has 0 saturated heterocycles. The summed E-state index contributed by atoms with van der Waals surface area (Å²) in [6.07, 6.45) is 1.11. The van der Waals surface area contributed by atoms with Gasteiger partial charge in [-0.05, 0) is 11.4 Å². The Morgan fingerprint density at radius 2 is 2.38 bits per heavy atom. The number of carbonyl (C=O) groups is 1. The Balaban J connectivity index is 1.99. The van der Waals surface area contributed by atoms with E-state index in [0.29, 0.717) is 0 Å². The molecule has 0 amide bonds. The van der Waals surface area contributed by atoms with Crippen LogP contribution in [-0.2, 0) is 22.4 Å². The van der Waals surface area contributed by atoms with Crippen LogP contribution in [0.5, 0.6) is 0 Å². The minimum atomic E-state index is -0.243. The first-order valence-corrected chi connectivity index (χ1v) is 6.56. The number of rotatable bonds is 4. The standard InChI is InChI=1S/C11H11NO2S2/c1-14-11(13)5-8-7-16-10(12-8)6-9-3-2-4-15-9/h2-4,7H,5-6H2,1H3. The Hall–Kier alpha value is -1.20. The van der Waals surface area contributed by atoms with Crippen molar-refractivity contribution >= 4 is 28.6 Å². The van der Waals surface area contributed by atoms with E-state index in [1.165, 1.54) is 12.0 Å². The van der Waals surface area contributed by atoms with E-state index in [2.05, 4.69) is 21.2 Å². The average molecular weight is 253 g/mol. The van der Waals surface area contributed by atoms with Crippen LogP contribution >= 0.6 is 22.7 Å². The summed E-state index contributed by atoms with van der Waals surface area (Å²) >= 11 is 3.31. The lowest BCUT2D eigenvalue weighted by atomic mass is 10.3. The molecule has 0 fully saturated rings. The molecule has 84 valence electrons. The Morgan fingerprint density at radius 3 is 3.06 bits per heavy atom. The summed E-state index contributed by atoms with van der Waals surface area (Å²) in [5, 5.41) is 5.01. The van der Waals surface area contributed by atoms with Crippen molar-refractivity contribution in [1.82, 2.24) is 4.98 Å². The van der Waals surface area contributed by atoms with E-state index in [1.54, 1.807) is 22.7 Å². The third kappa shape index (κ3) is 2.90. The van der Waals surface area contributed by atoms with Crippen molar-refractivity contribution in [3.8, 4) is 0 Å². The summed E-state index contributed by atoms with van der Waals surface area (Å²) in [6.45, 7) is 0. The van der Waals surface area contributed by atoms with E-state index in [4.69, 9.17) is 0 Å². The van der Waals surface area contributed by atoms with Crippen LogP contribution in [0, 0.1) is 0 Å². The quantitative estimate of drug-likeness (QED) is 0.786. The smallest absolute Gasteiger partial charge is 0.311 e. The van der Waals surface area contributed by atoms with Crippen LogP contribution in [0.25, 0.3) is 0 Å². The summed E-state index contributed by atoms with van der Waals surface area (Å²) in [5.74, 6) is -0.243. The fourth-order valence-corrected chi connectivity index (χ4v) is 2.91. The summed E-state index contributed by atoms with van der Waals surface area (Å²) in [7, 11) is 1.39. The lowest BCUT2D eigenvalue weighted by Crippen LogP contribution is -2.04. The SMILES string of the molecule is COC(=O)Cc1csc(Cc2cccs2)n1. The molecular weight excluding hydrogens is 242 g/mol. The molecule has 2 aromatic rings. The van der Waals surface area contributed by atoms with E-state index in [-0.39, 0.29) is 12.4 Å². The lowest BCUT2D eigenvalue weighted by molar-refractivity contribution is -0.139. The molecule has 0 spiro atoms. The van der Waals surface area contributed by atoms with Gasteiger partial charge in [0.1, 0.15) is 0 Å². The average Bonchev–Trinajstić information content (AvgIpc) is 2.91. The molecule has 0 aromatic carbocycles. The van der Waals surface area contributed by atoms with Crippen LogP contribution in [-0.4, -0.2) is 18.1 Å². The van der Waals surface area contributed by atoms with Crippen molar-refractivity contribution in [1.29, 1.82) is 0 Å². The highest BCUT2D eigenvalue weighted by Crippen LogP contribution is 2.18. The number of carbonyl (C=O) groups excluding carboxylic acids is 1. The highest BCUT2D eigenvalue weighted by atomic mass is 32.1. The fraction of sp³-hybridized carbons (Fsp3) is 0.273. The van der Waals surface area contributed by atoms with Crippen LogP contribution < -0.4 is 0 Å². The molecule has 0 atom stereocenters. The monoisotopic (exact) mass is 253 g/mol. The summed E-state index contributed by atoms with van der Waals surface area (Å²) < 4.78 is 4.60. The second kappa shape index (κ2) is 5.23. The number of aromatic nitrogens is 1. The molecule has 0 N–H and O–H groups in total. The molecule has 5 heteroatoms. The highest BCUT2D eigenvalue weighted by molar-refractivity contribution is 7.11. The Kier molecular flexibility index (Phi) is 3.69. The van der Waals surface area contributed by atoms with E-state index in [9.17, 15) is 4.79 Å². The van der Waals surface area contributed by atoms with Crippen LogP contribution in [0.2, 0.25) is 0 Å². The van der Waals surface area contributed by atoms with Crippen LogP contribution in [0.3, 0.4) is 0 Å². The van der Waals surface area contributed by atoms with E-state index >= 15 is 0 Å². The molecule has 0 unspecified atom stereocenters. The van der Waals surface area contributed by atoms with Crippen molar-refractivity contribution < 1.29 is 9.53 Å². The van der Waals surface area contributed by atoms with E-state index in [1.807, 2.05) is 11.4 Å². The number of hydrogen-bond acceptors (Lipinski definition) is 5. The molecule has 2 aromatic heterocycles. The molecule has 0 aliphatic carbocycles. The van der Waals surface area contributed by atoms with Crippen molar-refractivity contribution in [2.24, 2.45) is 0 Å². The topological polar surface area (TPSA) is 39.2 Å². The highest BCUT2D eigenvalue weighted by Gasteiger charge is 2.08. The van der Waals surface area contributed by atoms with Crippen molar-refractivity contribution in [2.75, 3.05) is 7.11 Å². The van der Waals surface area contributed by atoms with E-state index < -0.39 is 0 Å². The van der Waals surface area contributed by atoms with Gasteiger partial charge in [0.05, 0.1) is 24.2 Å². The van der Waals surface area contributed by atoms with Gasteiger partial charge in [-0.1, -0.05) is 6.07 Å². The largest absolute Gasteiger partial charge is 0.469 e. The predicted molar refractivity (Wildman–Crippen MR) is 65.0 cm³/mol. The second-order valence-corrected chi connectivity index (χ2v) is 5.22. The molecule has 0 saturated carbocycles. The summed E-state index contributed by atoms with van der Waals surface area (Å²) in [5.41, 5.74) is 0.795. The third-order valence-electron chi connectivity index (χ3n) is 2.06. The van der Waals surface area contributed by atoms with Gasteiger partial charge in [0.25, 0.3) is 0 Å². The number of ether oxygens (including phenoxy) is 1. The number of hydrogen-bond donors (Lipinski definition) is 0. The second-order valence-electron chi connectivity index (χ2n) is 3.24. The Labute approximate surface area is 102 Å². The van der Waals surface area contributed by atoms with Gasteiger partial charge in [0.15, 0.2) is 0 Å². The Bertz CT molecular complexity index is 462. The van der Waals surface area contributed by atoms with Gasteiger partial charge in [-0.3, -0.25) is 4.79 Å². The maximum absolute atomic E-state index is 11.1. The predicted octanol–water partition coefficient (Wildman–Crippen LogP) is 2.51. The van der Waals surface area contributed by atoms with Crippen molar-refractivity contribution in [2.45, 2.75) is 12.8 Å². The van der Waals surface area contributed by atoms with Gasteiger partial charge in [-0.2, -0.15) is 0 Å². The van der Waals surface area contributed by atoms with E-state index in [0.717, 1.165) is 17.1 Å². The minimum absolute atomic E-state index is 0.243. The molecule has 0 aliphatic rings.